The van der Waals surface area contributed by atoms with Crippen molar-refractivity contribution in [3.63, 3.8) is 0 Å². The molecule has 1 aliphatic heterocycles. The van der Waals surface area contributed by atoms with E-state index in [9.17, 15) is 14.7 Å². The summed E-state index contributed by atoms with van der Waals surface area (Å²) >= 11 is 0. The number of aliphatic hydroxyl groups excluding tert-OH is 1. The first-order chi connectivity index (χ1) is 8.65. The monoisotopic (exact) mass is 266 g/mol. The minimum Gasteiger partial charge on any atom is -0.392 e. The molecule has 19 heavy (non-hydrogen) atoms. The third kappa shape index (κ3) is 1.32. The molecule has 0 unspecified atom stereocenters. The minimum atomic E-state index is -1.00. The van der Waals surface area contributed by atoms with E-state index in [1.807, 2.05) is 27.7 Å². The molecule has 106 valence electrons. The van der Waals surface area contributed by atoms with Gasteiger partial charge in [-0.05, 0) is 19.8 Å². The predicted octanol–water partition coefficient (Wildman–Crippen LogP) is 1.49. The molecule has 2 saturated carbocycles. The Hall–Kier alpha value is -0.740. The molecule has 1 N–H and O–H groups in total. The zero-order chi connectivity index (χ0) is 14.2. The van der Waals surface area contributed by atoms with E-state index in [-0.39, 0.29) is 36.2 Å². The smallest absolute Gasteiger partial charge is 0.168 e. The van der Waals surface area contributed by atoms with Crippen LogP contribution in [0.2, 0.25) is 0 Å². The maximum atomic E-state index is 12.6. The molecule has 0 aromatic rings. The van der Waals surface area contributed by atoms with Crippen molar-refractivity contribution in [3.05, 3.63) is 0 Å². The molecular weight excluding hydrogens is 244 g/mol. The van der Waals surface area contributed by atoms with Gasteiger partial charge in [-0.1, -0.05) is 13.8 Å². The van der Waals surface area contributed by atoms with Crippen LogP contribution in [0.3, 0.4) is 0 Å². The van der Waals surface area contributed by atoms with Gasteiger partial charge in [-0.15, -0.1) is 0 Å². The number of aliphatic hydroxyl groups is 1. The molecule has 0 aromatic heterocycles. The summed E-state index contributed by atoms with van der Waals surface area (Å²) in [7, 11) is 0. The summed E-state index contributed by atoms with van der Waals surface area (Å²) in [6.07, 6.45) is 0.107. The van der Waals surface area contributed by atoms with Gasteiger partial charge in [0.1, 0.15) is 11.4 Å². The third-order valence-electron chi connectivity index (χ3n) is 5.94. The van der Waals surface area contributed by atoms with Crippen LogP contribution in [0, 0.1) is 17.3 Å². The molecule has 4 heteroatoms. The van der Waals surface area contributed by atoms with Crippen molar-refractivity contribution < 1.29 is 19.4 Å². The molecule has 1 heterocycles. The van der Waals surface area contributed by atoms with Crippen LogP contribution in [0.4, 0.5) is 0 Å². The molecule has 3 fully saturated rings. The zero-order valence-corrected chi connectivity index (χ0v) is 12.0. The lowest BCUT2D eigenvalue weighted by molar-refractivity contribution is -0.181. The average Bonchev–Trinajstić information content (AvgIpc) is 2.37. The molecule has 0 spiro atoms. The van der Waals surface area contributed by atoms with Gasteiger partial charge in [0.2, 0.25) is 0 Å². The molecular formula is C15H22O4. The zero-order valence-electron chi connectivity index (χ0n) is 12.0. The molecule has 3 rings (SSSR count). The highest BCUT2D eigenvalue weighted by Crippen LogP contribution is 2.67. The molecule has 0 amide bonds. The SMILES string of the molecule is C[C@@H]1CC(=O)C[C@]23OC(C)(C)[C@H]([C@H](O)CC2=O)[C@@]13C. The van der Waals surface area contributed by atoms with E-state index in [0.29, 0.717) is 6.42 Å². The maximum absolute atomic E-state index is 12.6. The fraction of sp³-hybridized carbons (Fsp3) is 0.867. The van der Waals surface area contributed by atoms with Crippen molar-refractivity contribution in [2.24, 2.45) is 17.3 Å². The summed E-state index contributed by atoms with van der Waals surface area (Å²) in [5.74, 6) is -0.0318. The molecule has 3 aliphatic rings. The number of ether oxygens (including phenoxy) is 1. The number of hydrogen-bond donors (Lipinski definition) is 1. The second-order valence-corrected chi connectivity index (χ2v) is 7.31. The number of hydrogen-bond acceptors (Lipinski definition) is 4. The molecule has 1 saturated heterocycles. The van der Waals surface area contributed by atoms with Crippen molar-refractivity contribution >= 4 is 11.6 Å². The van der Waals surface area contributed by atoms with E-state index in [1.54, 1.807) is 0 Å². The van der Waals surface area contributed by atoms with E-state index < -0.39 is 22.7 Å². The molecule has 0 aromatic carbocycles. The highest BCUT2D eigenvalue weighted by atomic mass is 16.5. The van der Waals surface area contributed by atoms with Crippen molar-refractivity contribution in [1.82, 2.24) is 0 Å². The van der Waals surface area contributed by atoms with Gasteiger partial charge in [0.25, 0.3) is 0 Å². The lowest BCUT2D eigenvalue weighted by Crippen LogP contribution is -2.64. The highest BCUT2D eigenvalue weighted by molar-refractivity contribution is 5.97. The Morgan fingerprint density at radius 3 is 2.47 bits per heavy atom. The normalized spacial score (nSPS) is 52.2. The van der Waals surface area contributed by atoms with E-state index in [0.717, 1.165) is 0 Å². The number of rotatable bonds is 0. The van der Waals surface area contributed by atoms with Gasteiger partial charge in [0.05, 0.1) is 11.7 Å². The third-order valence-corrected chi connectivity index (χ3v) is 5.94. The predicted molar refractivity (Wildman–Crippen MR) is 68.5 cm³/mol. The molecule has 5 atom stereocenters. The Morgan fingerprint density at radius 1 is 1.21 bits per heavy atom. The van der Waals surface area contributed by atoms with Crippen LogP contribution in [0.15, 0.2) is 0 Å². The molecule has 0 radical (unpaired) electrons. The van der Waals surface area contributed by atoms with E-state index in [1.165, 1.54) is 0 Å². The molecule has 2 aliphatic carbocycles. The van der Waals surface area contributed by atoms with Gasteiger partial charge >= 0.3 is 0 Å². The summed E-state index contributed by atoms with van der Waals surface area (Å²) in [5.41, 5.74) is -2.02. The summed E-state index contributed by atoms with van der Waals surface area (Å²) in [6.45, 7) is 7.91. The maximum Gasteiger partial charge on any atom is 0.168 e. The van der Waals surface area contributed by atoms with Gasteiger partial charge < -0.3 is 9.84 Å². The van der Waals surface area contributed by atoms with E-state index in [4.69, 9.17) is 4.74 Å². The second-order valence-electron chi connectivity index (χ2n) is 7.31. The summed E-state index contributed by atoms with van der Waals surface area (Å²) in [4.78, 5) is 24.6. The van der Waals surface area contributed by atoms with Crippen LogP contribution < -0.4 is 0 Å². The first-order valence-electron chi connectivity index (χ1n) is 7.08. The standard InChI is InChI=1S/C15H22O4/c1-8-5-9(16)7-15-11(18)6-10(17)12(14(8,15)4)13(2,3)19-15/h8,10,12,17H,5-7H2,1-4H3/t8-,10-,12+,14-,15+/m1/s1. The van der Waals surface area contributed by atoms with Crippen LogP contribution >= 0.6 is 0 Å². The summed E-state index contributed by atoms with van der Waals surface area (Å²) in [6, 6.07) is 0. The number of carbonyl (C=O) groups excluding carboxylic acids is 2. The Kier molecular flexibility index (Phi) is 2.42. The van der Waals surface area contributed by atoms with Gasteiger partial charge in [-0.2, -0.15) is 0 Å². The summed E-state index contributed by atoms with van der Waals surface area (Å²) < 4.78 is 6.16. The van der Waals surface area contributed by atoms with Gasteiger partial charge in [-0.3, -0.25) is 9.59 Å². The second kappa shape index (κ2) is 3.47. The van der Waals surface area contributed by atoms with Crippen LogP contribution in [0.5, 0.6) is 0 Å². The Balaban J connectivity index is 2.23. The molecule has 4 nitrogen and oxygen atoms in total. The van der Waals surface area contributed by atoms with Crippen LogP contribution in [-0.4, -0.2) is 34.0 Å². The fourth-order valence-electron chi connectivity index (χ4n) is 5.22. The average molecular weight is 266 g/mol. The van der Waals surface area contributed by atoms with Crippen LogP contribution in [0.1, 0.15) is 47.0 Å². The Morgan fingerprint density at radius 2 is 1.84 bits per heavy atom. The van der Waals surface area contributed by atoms with Crippen LogP contribution in [0.25, 0.3) is 0 Å². The topological polar surface area (TPSA) is 63.6 Å². The minimum absolute atomic E-state index is 0.0550. The largest absolute Gasteiger partial charge is 0.392 e. The van der Waals surface area contributed by atoms with Gasteiger partial charge in [-0.25, -0.2) is 0 Å². The first-order valence-corrected chi connectivity index (χ1v) is 7.08. The molecule has 2 bridgehead atoms. The fourth-order valence-corrected chi connectivity index (χ4v) is 5.22. The van der Waals surface area contributed by atoms with E-state index in [2.05, 4.69) is 0 Å². The van der Waals surface area contributed by atoms with Crippen LogP contribution in [-0.2, 0) is 14.3 Å². The van der Waals surface area contributed by atoms with Gasteiger partial charge in [0.15, 0.2) is 5.78 Å². The van der Waals surface area contributed by atoms with Crippen molar-refractivity contribution in [2.45, 2.75) is 64.3 Å². The van der Waals surface area contributed by atoms with Crippen molar-refractivity contribution in [2.75, 3.05) is 0 Å². The van der Waals surface area contributed by atoms with Gasteiger partial charge in [0, 0.05) is 30.6 Å². The quantitative estimate of drug-likeness (QED) is 0.721. The first kappa shape index (κ1) is 13.3. The lowest BCUT2D eigenvalue weighted by atomic mass is 9.48. The number of carbonyl (C=O) groups is 2. The van der Waals surface area contributed by atoms with Crippen molar-refractivity contribution in [3.8, 4) is 0 Å². The lowest BCUT2D eigenvalue weighted by Gasteiger charge is -2.54. The highest BCUT2D eigenvalue weighted by Gasteiger charge is 2.76. The number of Topliss-reactive ketones (excluding diaryl/α,β-unsaturated/α-hetero) is 2. The Bertz CT molecular complexity index is 469. The number of ketones is 2. The Labute approximate surface area is 113 Å². The van der Waals surface area contributed by atoms with E-state index >= 15 is 0 Å². The van der Waals surface area contributed by atoms with Crippen molar-refractivity contribution in [1.29, 1.82) is 0 Å². The summed E-state index contributed by atoms with van der Waals surface area (Å²) in [5, 5.41) is 10.4.